The van der Waals surface area contributed by atoms with Crippen LogP contribution in [-0.4, -0.2) is 26.6 Å². The second-order valence-corrected chi connectivity index (χ2v) is 3.73. The van der Waals surface area contributed by atoms with E-state index in [9.17, 15) is 13.2 Å². The minimum absolute atomic E-state index is 0.00759. The van der Waals surface area contributed by atoms with Crippen molar-refractivity contribution in [2.45, 2.75) is 6.92 Å². The summed E-state index contributed by atoms with van der Waals surface area (Å²) in [4.78, 5) is 10.6. The molecule has 0 fully saturated rings. The van der Waals surface area contributed by atoms with Crippen LogP contribution in [0.4, 0.5) is 0 Å². The SMILES string of the molecule is CC#CC(=O)NCCS(N)(=O)=O. The van der Waals surface area contributed by atoms with Gasteiger partial charge in [0.15, 0.2) is 0 Å². The Bertz CT molecular complexity index is 309. The van der Waals surface area contributed by atoms with Gasteiger partial charge in [0.1, 0.15) is 0 Å². The lowest BCUT2D eigenvalue weighted by molar-refractivity contribution is -0.115. The number of hydrogen-bond acceptors (Lipinski definition) is 3. The van der Waals surface area contributed by atoms with Gasteiger partial charge in [-0.2, -0.15) is 0 Å². The first-order valence-corrected chi connectivity index (χ1v) is 4.88. The lowest BCUT2D eigenvalue weighted by Gasteiger charge is -1.97. The van der Waals surface area contributed by atoms with Crippen LogP contribution in [0.5, 0.6) is 0 Å². The van der Waals surface area contributed by atoms with Gasteiger partial charge in [0.05, 0.1) is 5.75 Å². The van der Waals surface area contributed by atoms with Gasteiger partial charge in [-0.3, -0.25) is 4.79 Å². The van der Waals surface area contributed by atoms with Gasteiger partial charge in [-0.15, -0.1) is 0 Å². The number of rotatable bonds is 3. The third kappa shape index (κ3) is 7.05. The number of carbonyl (C=O) groups is 1. The van der Waals surface area contributed by atoms with E-state index in [1.165, 1.54) is 6.92 Å². The quantitative estimate of drug-likeness (QED) is 0.526. The van der Waals surface area contributed by atoms with E-state index in [2.05, 4.69) is 22.3 Å². The number of amides is 1. The third-order valence-electron chi connectivity index (χ3n) is 0.911. The third-order valence-corrected chi connectivity index (χ3v) is 1.68. The molecule has 0 aromatic heterocycles. The highest BCUT2D eigenvalue weighted by Crippen LogP contribution is 1.73. The summed E-state index contributed by atoms with van der Waals surface area (Å²) in [7, 11) is -3.50. The Morgan fingerprint density at radius 2 is 2.17 bits per heavy atom. The van der Waals surface area contributed by atoms with E-state index >= 15 is 0 Å². The van der Waals surface area contributed by atoms with Crippen molar-refractivity contribution < 1.29 is 13.2 Å². The average molecular weight is 190 g/mol. The summed E-state index contributed by atoms with van der Waals surface area (Å²) in [5, 5.41) is 6.95. The zero-order valence-corrected chi connectivity index (χ0v) is 7.44. The Kier molecular flexibility index (Phi) is 4.33. The fourth-order valence-electron chi connectivity index (χ4n) is 0.465. The normalized spacial score (nSPS) is 9.83. The zero-order chi connectivity index (χ0) is 9.61. The van der Waals surface area contributed by atoms with Crippen LogP contribution >= 0.6 is 0 Å². The molecule has 0 spiro atoms. The molecule has 0 aliphatic heterocycles. The summed E-state index contributed by atoms with van der Waals surface area (Å²) in [5.41, 5.74) is 0. The van der Waals surface area contributed by atoms with Crippen molar-refractivity contribution in [2.75, 3.05) is 12.3 Å². The van der Waals surface area contributed by atoms with Crippen LogP contribution in [0, 0.1) is 11.8 Å². The Morgan fingerprint density at radius 1 is 1.58 bits per heavy atom. The van der Waals surface area contributed by atoms with Crippen molar-refractivity contribution in [3.05, 3.63) is 0 Å². The molecule has 0 radical (unpaired) electrons. The minimum atomic E-state index is -3.50. The van der Waals surface area contributed by atoms with Crippen LogP contribution in [0.3, 0.4) is 0 Å². The molecule has 12 heavy (non-hydrogen) atoms. The van der Waals surface area contributed by atoms with Gasteiger partial charge < -0.3 is 5.32 Å². The number of nitrogens with two attached hydrogens (primary N) is 1. The standard InChI is InChI=1S/C6H10N2O3S/c1-2-3-6(9)8-4-5-12(7,10)11/h4-5H2,1H3,(H,8,9)(H2,7,10,11). The molecule has 0 saturated heterocycles. The molecule has 0 heterocycles. The van der Waals surface area contributed by atoms with Crippen molar-refractivity contribution in [3.63, 3.8) is 0 Å². The molecule has 3 N–H and O–H groups in total. The van der Waals surface area contributed by atoms with E-state index in [0.29, 0.717) is 0 Å². The Balaban J connectivity index is 3.70. The van der Waals surface area contributed by atoms with Crippen LogP contribution in [0.2, 0.25) is 0 Å². The minimum Gasteiger partial charge on any atom is -0.344 e. The van der Waals surface area contributed by atoms with E-state index in [-0.39, 0.29) is 12.3 Å². The van der Waals surface area contributed by atoms with Crippen molar-refractivity contribution in [3.8, 4) is 11.8 Å². The lowest BCUT2D eigenvalue weighted by Crippen LogP contribution is -2.30. The molecular formula is C6H10N2O3S. The van der Waals surface area contributed by atoms with Gasteiger partial charge >= 0.3 is 0 Å². The van der Waals surface area contributed by atoms with Crippen molar-refractivity contribution in [1.82, 2.24) is 5.32 Å². The fraction of sp³-hybridized carbons (Fsp3) is 0.500. The van der Waals surface area contributed by atoms with Crippen LogP contribution in [0.15, 0.2) is 0 Å². The topological polar surface area (TPSA) is 89.3 Å². The summed E-state index contributed by atoms with van der Waals surface area (Å²) in [6.45, 7) is 1.51. The van der Waals surface area contributed by atoms with Gasteiger partial charge in [0.2, 0.25) is 10.0 Å². The van der Waals surface area contributed by atoms with E-state index in [4.69, 9.17) is 0 Å². The molecule has 0 atom stereocenters. The molecule has 0 unspecified atom stereocenters. The number of carbonyl (C=O) groups excluding carboxylic acids is 1. The van der Waals surface area contributed by atoms with Gasteiger partial charge in [-0.05, 0) is 12.8 Å². The smallest absolute Gasteiger partial charge is 0.295 e. The van der Waals surface area contributed by atoms with Crippen molar-refractivity contribution in [1.29, 1.82) is 0 Å². The van der Waals surface area contributed by atoms with Crippen LogP contribution in [-0.2, 0) is 14.8 Å². The molecule has 0 bridgehead atoms. The summed E-state index contributed by atoms with van der Waals surface area (Å²) < 4.78 is 20.7. The maximum Gasteiger partial charge on any atom is 0.295 e. The van der Waals surface area contributed by atoms with Gasteiger partial charge in [-0.1, -0.05) is 5.92 Å². The fourth-order valence-corrected chi connectivity index (χ4v) is 0.851. The highest BCUT2D eigenvalue weighted by Gasteiger charge is 2.02. The number of primary sulfonamides is 1. The molecule has 0 aromatic carbocycles. The molecular weight excluding hydrogens is 180 g/mol. The number of nitrogens with one attached hydrogen (secondary N) is 1. The van der Waals surface area contributed by atoms with Crippen molar-refractivity contribution in [2.24, 2.45) is 5.14 Å². The second kappa shape index (κ2) is 4.74. The molecule has 68 valence electrons. The molecule has 0 saturated carbocycles. The Labute approximate surface area is 71.4 Å². The second-order valence-electron chi connectivity index (χ2n) is 2.00. The van der Waals surface area contributed by atoms with E-state index in [1.54, 1.807) is 0 Å². The predicted octanol–water partition coefficient (Wildman–Crippen LogP) is -1.59. The van der Waals surface area contributed by atoms with E-state index in [1.807, 2.05) is 0 Å². The molecule has 5 nitrogen and oxygen atoms in total. The summed E-state index contributed by atoms with van der Waals surface area (Å²) >= 11 is 0. The summed E-state index contributed by atoms with van der Waals surface area (Å²) in [6, 6.07) is 0. The molecule has 0 aliphatic rings. The molecule has 0 aliphatic carbocycles. The number of hydrogen-bond donors (Lipinski definition) is 2. The van der Waals surface area contributed by atoms with Crippen LogP contribution in [0.25, 0.3) is 0 Å². The summed E-state index contributed by atoms with van der Waals surface area (Å²) in [5.74, 6) is 3.80. The highest BCUT2D eigenvalue weighted by molar-refractivity contribution is 7.89. The largest absolute Gasteiger partial charge is 0.344 e. The maximum absolute atomic E-state index is 10.6. The first-order chi connectivity index (χ1) is 5.45. The Morgan fingerprint density at radius 3 is 2.58 bits per heavy atom. The lowest BCUT2D eigenvalue weighted by atomic mass is 10.5. The average Bonchev–Trinajstić information content (AvgIpc) is 1.84. The number of sulfonamides is 1. The van der Waals surface area contributed by atoms with Gasteiger partial charge in [0.25, 0.3) is 5.91 Å². The highest BCUT2D eigenvalue weighted by atomic mass is 32.2. The zero-order valence-electron chi connectivity index (χ0n) is 6.62. The Hall–Kier alpha value is -1.06. The summed E-state index contributed by atoms with van der Waals surface area (Å²) in [6.07, 6.45) is 0. The van der Waals surface area contributed by atoms with Crippen LogP contribution < -0.4 is 10.5 Å². The van der Waals surface area contributed by atoms with Gasteiger partial charge in [-0.25, -0.2) is 13.6 Å². The first-order valence-electron chi connectivity index (χ1n) is 3.17. The van der Waals surface area contributed by atoms with Crippen LogP contribution in [0.1, 0.15) is 6.92 Å². The molecule has 0 rings (SSSR count). The maximum atomic E-state index is 10.6. The first kappa shape index (κ1) is 10.9. The molecule has 0 aromatic rings. The predicted molar refractivity (Wildman–Crippen MR) is 44.4 cm³/mol. The van der Waals surface area contributed by atoms with E-state index < -0.39 is 15.9 Å². The van der Waals surface area contributed by atoms with E-state index in [0.717, 1.165) is 0 Å². The molecule has 1 amide bonds. The van der Waals surface area contributed by atoms with Crippen molar-refractivity contribution >= 4 is 15.9 Å². The molecule has 6 heteroatoms. The monoisotopic (exact) mass is 190 g/mol. The van der Waals surface area contributed by atoms with Gasteiger partial charge in [0, 0.05) is 6.54 Å².